The maximum atomic E-state index is 11.8. The summed E-state index contributed by atoms with van der Waals surface area (Å²) in [4.78, 5) is 22.3. The number of hydrogen-bond acceptors (Lipinski definition) is 5. The van der Waals surface area contributed by atoms with Gasteiger partial charge in [0, 0.05) is 0 Å². The van der Waals surface area contributed by atoms with Crippen molar-refractivity contribution >= 4 is 12.2 Å². The van der Waals surface area contributed by atoms with Gasteiger partial charge in [-0.2, -0.15) is 0 Å². The second-order valence-corrected chi connectivity index (χ2v) is 3.71. The molecular formula is C11H12N4O3. The van der Waals surface area contributed by atoms with Gasteiger partial charge in [-0.05, 0) is 19.1 Å². The van der Waals surface area contributed by atoms with Gasteiger partial charge in [0.15, 0.2) is 6.29 Å². The van der Waals surface area contributed by atoms with Crippen LogP contribution >= 0.6 is 0 Å². The van der Waals surface area contributed by atoms with E-state index in [1.165, 1.54) is 10.9 Å². The van der Waals surface area contributed by atoms with Crippen LogP contribution in [0.15, 0.2) is 29.0 Å². The van der Waals surface area contributed by atoms with Crippen molar-refractivity contribution < 1.29 is 14.0 Å². The molecule has 0 aliphatic heterocycles. The maximum Gasteiger partial charge on any atom is 0.245 e. The Morgan fingerprint density at radius 3 is 3.11 bits per heavy atom. The van der Waals surface area contributed by atoms with E-state index < -0.39 is 6.04 Å². The zero-order valence-electron chi connectivity index (χ0n) is 9.74. The van der Waals surface area contributed by atoms with Gasteiger partial charge in [-0.15, -0.1) is 5.10 Å². The molecule has 1 atom stereocenters. The van der Waals surface area contributed by atoms with Gasteiger partial charge in [-0.1, -0.05) is 5.21 Å². The molecule has 0 bridgehead atoms. The number of aromatic nitrogens is 3. The largest absolute Gasteiger partial charge is 0.467 e. The van der Waals surface area contributed by atoms with E-state index in [2.05, 4.69) is 15.6 Å². The zero-order chi connectivity index (χ0) is 13.0. The Labute approximate surface area is 103 Å². The average molecular weight is 248 g/mol. The Morgan fingerprint density at radius 1 is 1.67 bits per heavy atom. The molecule has 0 aliphatic carbocycles. The van der Waals surface area contributed by atoms with E-state index in [1.807, 2.05) is 0 Å². The van der Waals surface area contributed by atoms with Crippen molar-refractivity contribution in [1.82, 2.24) is 20.3 Å². The Bertz CT molecular complexity index is 532. The molecule has 2 heterocycles. The van der Waals surface area contributed by atoms with Crippen LogP contribution in [-0.2, 0) is 11.3 Å². The molecule has 2 aromatic rings. The highest BCUT2D eigenvalue weighted by Gasteiger charge is 2.16. The van der Waals surface area contributed by atoms with Gasteiger partial charge < -0.3 is 9.73 Å². The molecule has 7 nitrogen and oxygen atoms in total. The van der Waals surface area contributed by atoms with Gasteiger partial charge in [0.25, 0.3) is 0 Å². The summed E-state index contributed by atoms with van der Waals surface area (Å²) in [7, 11) is 0. The molecule has 0 saturated carbocycles. The second-order valence-electron chi connectivity index (χ2n) is 3.71. The predicted octanol–water partition coefficient (Wildman–Crippen LogP) is 0.561. The number of hydrogen-bond donors (Lipinski definition) is 1. The van der Waals surface area contributed by atoms with E-state index in [0.717, 1.165) is 0 Å². The van der Waals surface area contributed by atoms with E-state index in [4.69, 9.17) is 4.42 Å². The van der Waals surface area contributed by atoms with E-state index in [9.17, 15) is 9.59 Å². The van der Waals surface area contributed by atoms with Gasteiger partial charge in [0.1, 0.15) is 17.5 Å². The molecule has 0 fully saturated rings. The van der Waals surface area contributed by atoms with Crippen LogP contribution in [0, 0.1) is 0 Å². The number of aldehydes is 1. The van der Waals surface area contributed by atoms with Crippen molar-refractivity contribution in [1.29, 1.82) is 0 Å². The first-order valence-electron chi connectivity index (χ1n) is 5.38. The van der Waals surface area contributed by atoms with Crippen LogP contribution in [-0.4, -0.2) is 27.2 Å². The molecule has 94 valence electrons. The summed E-state index contributed by atoms with van der Waals surface area (Å²) >= 11 is 0. The van der Waals surface area contributed by atoms with E-state index in [-0.39, 0.29) is 11.6 Å². The molecule has 2 rings (SSSR count). The quantitative estimate of drug-likeness (QED) is 0.781. The Kier molecular flexibility index (Phi) is 3.52. The minimum Gasteiger partial charge on any atom is -0.467 e. The van der Waals surface area contributed by atoms with E-state index in [0.29, 0.717) is 18.6 Å². The molecule has 18 heavy (non-hydrogen) atoms. The second kappa shape index (κ2) is 5.26. The van der Waals surface area contributed by atoms with E-state index in [1.54, 1.807) is 25.3 Å². The molecule has 1 N–H and O–H groups in total. The smallest absolute Gasteiger partial charge is 0.245 e. The standard InChI is InChI=1S/C11H12N4O3/c1-8(15-6-9(7-16)13-14-15)11(17)12-5-10-3-2-4-18-10/h2-4,6-8H,5H2,1H3,(H,12,17). The minimum absolute atomic E-state index is 0.195. The fourth-order valence-electron chi connectivity index (χ4n) is 1.39. The number of furan rings is 1. The molecule has 0 aliphatic rings. The first-order valence-corrected chi connectivity index (χ1v) is 5.38. The van der Waals surface area contributed by atoms with Crippen molar-refractivity contribution in [2.75, 3.05) is 0 Å². The lowest BCUT2D eigenvalue weighted by molar-refractivity contribution is -0.124. The third-order valence-electron chi connectivity index (χ3n) is 2.44. The molecule has 1 amide bonds. The Hall–Kier alpha value is -2.44. The first-order chi connectivity index (χ1) is 8.70. The molecule has 0 spiro atoms. The summed E-state index contributed by atoms with van der Waals surface area (Å²) in [5.41, 5.74) is 0.195. The number of amides is 1. The summed E-state index contributed by atoms with van der Waals surface area (Å²) in [6, 6.07) is 2.98. The summed E-state index contributed by atoms with van der Waals surface area (Å²) in [6.45, 7) is 1.98. The highest BCUT2D eigenvalue weighted by molar-refractivity contribution is 5.80. The average Bonchev–Trinajstić information content (AvgIpc) is 3.05. The third-order valence-corrected chi connectivity index (χ3v) is 2.44. The summed E-state index contributed by atoms with van der Waals surface area (Å²) in [5, 5.41) is 10.00. The molecule has 0 radical (unpaired) electrons. The van der Waals surface area contributed by atoms with Crippen molar-refractivity contribution in [2.24, 2.45) is 0 Å². The lowest BCUT2D eigenvalue weighted by atomic mass is 10.3. The van der Waals surface area contributed by atoms with Crippen LogP contribution < -0.4 is 5.32 Å². The normalized spacial score (nSPS) is 12.1. The zero-order valence-corrected chi connectivity index (χ0v) is 9.74. The van der Waals surface area contributed by atoms with Crippen LogP contribution in [0.25, 0.3) is 0 Å². The predicted molar refractivity (Wildman–Crippen MR) is 60.7 cm³/mol. The highest BCUT2D eigenvalue weighted by atomic mass is 16.3. The van der Waals surface area contributed by atoms with Gasteiger partial charge in [-0.25, -0.2) is 4.68 Å². The molecule has 7 heteroatoms. The monoisotopic (exact) mass is 248 g/mol. The van der Waals surface area contributed by atoms with Gasteiger partial charge in [0.2, 0.25) is 5.91 Å². The molecular weight excluding hydrogens is 236 g/mol. The Morgan fingerprint density at radius 2 is 2.50 bits per heavy atom. The van der Waals surface area contributed by atoms with E-state index >= 15 is 0 Å². The fourth-order valence-corrected chi connectivity index (χ4v) is 1.39. The number of nitrogens with zero attached hydrogens (tertiary/aromatic N) is 3. The van der Waals surface area contributed by atoms with Crippen molar-refractivity contribution in [3.8, 4) is 0 Å². The number of carbonyl (C=O) groups is 2. The number of nitrogens with one attached hydrogen (secondary N) is 1. The molecule has 0 saturated heterocycles. The van der Waals surface area contributed by atoms with Gasteiger partial charge in [-0.3, -0.25) is 9.59 Å². The summed E-state index contributed by atoms with van der Waals surface area (Å²) in [5.74, 6) is 0.441. The molecule has 2 aromatic heterocycles. The number of rotatable bonds is 5. The lowest BCUT2D eigenvalue weighted by Crippen LogP contribution is -2.30. The molecule has 1 unspecified atom stereocenters. The maximum absolute atomic E-state index is 11.8. The van der Waals surface area contributed by atoms with Crippen LogP contribution in [0.1, 0.15) is 29.2 Å². The van der Waals surface area contributed by atoms with Crippen molar-refractivity contribution in [3.63, 3.8) is 0 Å². The summed E-state index contributed by atoms with van der Waals surface area (Å²) in [6.07, 6.45) is 3.54. The van der Waals surface area contributed by atoms with Crippen molar-refractivity contribution in [3.05, 3.63) is 36.0 Å². The highest BCUT2D eigenvalue weighted by Crippen LogP contribution is 2.05. The lowest BCUT2D eigenvalue weighted by Gasteiger charge is -2.10. The van der Waals surface area contributed by atoms with Gasteiger partial charge >= 0.3 is 0 Å². The van der Waals surface area contributed by atoms with Crippen molar-refractivity contribution in [2.45, 2.75) is 19.5 Å². The van der Waals surface area contributed by atoms with Crippen LogP contribution in [0.5, 0.6) is 0 Å². The summed E-state index contributed by atoms with van der Waals surface area (Å²) < 4.78 is 6.43. The van der Waals surface area contributed by atoms with Crippen LogP contribution in [0.2, 0.25) is 0 Å². The Balaban J connectivity index is 1.93. The topological polar surface area (TPSA) is 90.0 Å². The minimum atomic E-state index is -0.541. The third kappa shape index (κ3) is 2.62. The van der Waals surface area contributed by atoms with Crippen LogP contribution in [0.4, 0.5) is 0 Å². The first kappa shape index (κ1) is 12.0. The SMILES string of the molecule is CC(C(=O)NCc1ccco1)n1cc(C=O)nn1. The van der Waals surface area contributed by atoms with Gasteiger partial charge in [0.05, 0.1) is 19.0 Å². The fraction of sp³-hybridized carbons (Fsp3) is 0.273. The van der Waals surface area contributed by atoms with Crippen LogP contribution in [0.3, 0.4) is 0 Å². The molecule has 0 aromatic carbocycles. The number of carbonyl (C=O) groups excluding carboxylic acids is 2.